The molecule has 1 aromatic heterocycles. The maximum atomic E-state index is 12.5. The molecule has 0 spiro atoms. The van der Waals surface area contributed by atoms with E-state index in [-0.39, 0.29) is 17.2 Å². The van der Waals surface area contributed by atoms with Gasteiger partial charge in [0.25, 0.3) is 0 Å². The van der Waals surface area contributed by atoms with Crippen LogP contribution in [-0.2, 0) is 4.79 Å². The summed E-state index contributed by atoms with van der Waals surface area (Å²) in [5.41, 5.74) is 1.15. The highest BCUT2D eigenvalue weighted by molar-refractivity contribution is 8.03. The molecule has 0 aliphatic rings. The van der Waals surface area contributed by atoms with Crippen molar-refractivity contribution >= 4 is 40.8 Å². The fraction of sp³-hybridized carbons (Fsp3) is 0.438. The van der Waals surface area contributed by atoms with Crippen molar-refractivity contribution in [3.8, 4) is 0 Å². The van der Waals surface area contributed by atoms with E-state index in [1.165, 1.54) is 23.1 Å². The fourth-order valence-electron chi connectivity index (χ4n) is 2.12. The van der Waals surface area contributed by atoms with E-state index in [4.69, 9.17) is 0 Å². The minimum Gasteiger partial charge on any atom is -0.348 e. The van der Waals surface area contributed by atoms with E-state index in [9.17, 15) is 4.79 Å². The van der Waals surface area contributed by atoms with Crippen molar-refractivity contribution in [2.75, 3.05) is 6.26 Å². The Bertz CT molecular complexity index is 618. The minimum absolute atomic E-state index is 0.0400. The van der Waals surface area contributed by atoms with Gasteiger partial charge in [-0.2, -0.15) is 0 Å². The Morgan fingerprint density at radius 3 is 2.57 bits per heavy atom. The van der Waals surface area contributed by atoms with E-state index in [1.807, 2.05) is 31.4 Å². The van der Waals surface area contributed by atoms with Crippen LogP contribution < -0.4 is 5.32 Å². The number of amides is 1. The molecule has 0 radical (unpaired) electrons. The lowest BCUT2D eigenvalue weighted by Gasteiger charge is -2.20. The fourth-order valence-corrected chi connectivity index (χ4v) is 4.71. The average molecular weight is 368 g/mol. The zero-order valence-corrected chi connectivity index (χ0v) is 15.9. The molecule has 1 heterocycles. The van der Waals surface area contributed by atoms with Gasteiger partial charge in [-0.25, -0.2) is 0 Å². The Morgan fingerprint density at radius 1 is 1.26 bits per heavy atom. The molecule has 0 saturated heterocycles. The molecule has 2 rings (SSSR count). The van der Waals surface area contributed by atoms with E-state index in [1.54, 1.807) is 11.8 Å². The van der Waals surface area contributed by atoms with Crippen molar-refractivity contribution in [1.29, 1.82) is 0 Å². The van der Waals surface area contributed by atoms with Gasteiger partial charge in [0.2, 0.25) is 5.91 Å². The summed E-state index contributed by atoms with van der Waals surface area (Å²) >= 11 is 4.56. The predicted octanol–water partition coefficient (Wildman–Crippen LogP) is 4.40. The largest absolute Gasteiger partial charge is 0.348 e. The molecule has 0 aliphatic carbocycles. The number of nitrogens with one attached hydrogen (secondary N) is 1. The van der Waals surface area contributed by atoms with Crippen molar-refractivity contribution in [2.24, 2.45) is 0 Å². The van der Waals surface area contributed by atoms with Gasteiger partial charge < -0.3 is 5.32 Å². The number of benzene rings is 1. The van der Waals surface area contributed by atoms with Crippen LogP contribution in [-0.4, -0.2) is 27.6 Å². The molecule has 1 N–H and O–H groups in total. The SMILES string of the molecule is CCCC(NC(=O)C(C)Sc1nnc(SC)s1)c1ccccc1. The zero-order chi connectivity index (χ0) is 16.7. The molecule has 0 fully saturated rings. The van der Waals surface area contributed by atoms with Crippen LogP contribution in [0.1, 0.15) is 38.3 Å². The number of aromatic nitrogens is 2. The lowest BCUT2D eigenvalue weighted by molar-refractivity contribution is -0.121. The normalized spacial score (nSPS) is 13.5. The Morgan fingerprint density at radius 2 is 1.96 bits per heavy atom. The van der Waals surface area contributed by atoms with Crippen LogP contribution in [0.3, 0.4) is 0 Å². The standard InChI is InChI=1S/C16H21N3OS3/c1-4-8-13(12-9-6-5-7-10-12)17-14(20)11(2)22-16-19-18-15(21-3)23-16/h5-7,9-11,13H,4,8H2,1-3H3,(H,17,20). The number of thioether (sulfide) groups is 2. The third-order valence-corrected chi connectivity index (χ3v) is 6.39. The molecule has 1 amide bonds. The summed E-state index contributed by atoms with van der Waals surface area (Å²) in [5, 5.41) is 11.2. The van der Waals surface area contributed by atoms with E-state index < -0.39 is 0 Å². The number of carbonyl (C=O) groups excluding carboxylic acids is 1. The number of nitrogens with zero attached hydrogens (tertiary/aromatic N) is 2. The molecular weight excluding hydrogens is 346 g/mol. The Balaban J connectivity index is 1.97. The summed E-state index contributed by atoms with van der Waals surface area (Å²) in [6.45, 7) is 4.04. The van der Waals surface area contributed by atoms with Gasteiger partial charge in [0.1, 0.15) is 0 Å². The van der Waals surface area contributed by atoms with Crippen LogP contribution >= 0.6 is 34.9 Å². The smallest absolute Gasteiger partial charge is 0.233 e. The van der Waals surface area contributed by atoms with Gasteiger partial charge in [-0.15, -0.1) is 10.2 Å². The van der Waals surface area contributed by atoms with Crippen LogP contribution in [0.25, 0.3) is 0 Å². The van der Waals surface area contributed by atoms with Gasteiger partial charge in [-0.3, -0.25) is 4.79 Å². The summed E-state index contributed by atoms with van der Waals surface area (Å²) in [6.07, 6.45) is 3.93. The van der Waals surface area contributed by atoms with E-state index >= 15 is 0 Å². The summed E-state index contributed by atoms with van der Waals surface area (Å²) < 4.78 is 1.76. The Labute approximate surface area is 149 Å². The molecule has 0 aliphatic heterocycles. The molecule has 2 atom stereocenters. The lowest BCUT2D eigenvalue weighted by Crippen LogP contribution is -2.34. The minimum atomic E-state index is -0.194. The quantitative estimate of drug-likeness (QED) is 0.701. The van der Waals surface area contributed by atoms with Gasteiger partial charge in [0.05, 0.1) is 11.3 Å². The van der Waals surface area contributed by atoms with Crippen LogP contribution in [0.2, 0.25) is 0 Å². The van der Waals surface area contributed by atoms with Crippen molar-refractivity contribution in [2.45, 2.75) is 46.7 Å². The van der Waals surface area contributed by atoms with Gasteiger partial charge in [-0.05, 0) is 25.2 Å². The first-order valence-electron chi connectivity index (χ1n) is 7.53. The molecular formula is C16H21N3OS3. The molecule has 2 aromatic rings. The predicted molar refractivity (Wildman–Crippen MR) is 99.2 cm³/mol. The second-order valence-electron chi connectivity index (χ2n) is 5.06. The summed E-state index contributed by atoms with van der Waals surface area (Å²) in [7, 11) is 0. The van der Waals surface area contributed by atoms with Crippen LogP contribution in [0.15, 0.2) is 39.0 Å². The molecule has 1 aromatic carbocycles. The van der Waals surface area contributed by atoms with Crippen molar-refractivity contribution in [1.82, 2.24) is 15.5 Å². The third kappa shape index (κ3) is 5.51. The number of rotatable bonds is 8. The first kappa shape index (κ1) is 18.3. The van der Waals surface area contributed by atoms with Gasteiger partial charge >= 0.3 is 0 Å². The average Bonchev–Trinajstić information content (AvgIpc) is 3.02. The zero-order valence-electron chi connectivity index (χ0n) is 13.5. The highest BCUT2D eigenvalue weighted by Crippen LogP contribution is 2.30. The lowest BCUT2D eigenvalue weighted by atomic mass is 10.0. The van der Waals surface area contributed by atoms with Crippen LogP contribution in [0.4, 0.5) is 0 Å². The van der Waals surface area contributed by atoms with Gasteiger partial charge in [-0.1, -0.05) is 78.5 Å². The first-order valence-corrected chi connectivity index (χ1v) is 10.5. The maximum Gasteiger partial charge on any atom is 0.233 e. The van der Waals surface area contributed by atoms with E-state index in [0.29, 0.717) is 0 Å². The highest BCUT2D eigenvalue weighted by Gasteiger charge is 2.20. The number of carbonyl (C=O) groups is 1. The molecule has 7 heteroatoms. The summed E-state index contributed by atoms with van der Waals surface area (Å²) in [4.78, 5) is 12.5. The van der Waals surface area contributed by atoms with Crippen LogP contribution in [0.5, 0.6) is 0 Å². The van der Waals surface area contributed by atoms with Crippen molar-refractivity contribution < 1.29 is 4.79 Å². The number of hydrogen-bond acceptors (Lipinski definition) is 6. The second kappa shape index (κ2) is 9.30. The van der Waals surface area contributed by atoms with Gasteiger partial charge in [0, 0.05) is 0 Å². The van der Waals surface area contributed by atoms with Crippen LogP contribution in [0, 0.1) is 0 Å². The van der Waals surface area contributed by atoms with Gasteiger partial charge in [0.15, 0.2) is 8.68 Å². The van der Waals surface area contributed by atoms with Crippen molar-refractivity contribution in [3.05, 3.63) is 35.9 Å². The Kier molecular flexibility index (Phi) is 7.39. The number of hydrogen-bond donors (Lipinski definition) is 1. The second-order valence-corrected chi connectivity index (χ2v) is 8.68. The molecule has 0 bridgehead atoms. The maximum absolute atomic E-state index is 12.5. The molecule has 2 unspecified atom stereocenters. The van der Waals surface area contributed by atoms with E-state index in [0.717, 1.165) is 27.1 Å². The molecule has 124 valence electrons. The first-order chi connectivity index (χ1) is 11.1. The summed E-state index contributed by atoms with van der Waals surface area (Å²) in [6, 6.07) is 10.2. The molecule has 23 heavy (non-hydrogen) atoms. The monoisotopic (exact) mass is 367 g/mol. The molecule has 4 nitrogen and oxygen atoms in total. The van der Waals surface area contributed by atoms with E-state index in [2.05, 4.69) is 34.6 Å². The molecule has 0 saturated carbocycles. The highest BCUT2D eigenvalue weighted by atomic mass is 32.2. The Hall–Kier alpha value is -1.05. The topological polar surface area (TPSA) is 54.9 Å². The third-order valence-electron chi connectivity index (χ3n) is 3.31. The summed E-state index contributed by atoms with van der Waals surface area (Å²) in [5.74, 6) is 0.0400. The van der Waals surface area contributed by atoms with Crippen molar-refractivity contribution in [3.63, 3.8) is 0 Å².